The molecule has 0 aromatic carbocycles. The molecule has 2 atom stereocenters. The standard InChI is InChI=1S/C12H23NS/c1-10(11-5-3-2-4-6-11)13-12-7-8-14-9-12/h10-13H,2-9H2,1H3/t10-,12-/m1/s1. The molecule has 82 valence electrons. The highest BCUT2D eigenvalue weighted by Gasteiger charge is 2.23. The van der Waals surface area contributed by atoms with E-state index in [1.165, 1.54) is 50.0 Å². The van der Waals surface area contributed by atoms with Crippen LogP contribution in [-0.4, -0.2) is 23.6 Å². The average Bonchev–Trinajstić information content (AvgIpc) is 2.72. The fourth-order valence-corrected chi connectivity index (χ4v) is 3.97. The van der Waals surface area contributed by atoms with E-state index in [-0.39, 0.29) is 0 Å². The van der Waals surface area contributed by atoms with Crippen molar-refractivity contribution in [2.75, 3.05) is 11.5 Å². The van der Waals surface area contributed by atoms with Crippen LogP contribution in [0.3, 0.4) is 0 Å². The summed E-state index contributed by atoms with van der Waals surface area (Å²) in [5.41, 5.74) is 0. The van der Waals surface area contributed by atoms with Gasteiger partial charge >= 0.3 is 0 Å². The van der Waals surface area contributed by atoms with Crippen molar-refractivity contribution >= 4 is 11.8 Å². The van der Waals surface area contributed by atoms with Crippen LogP contribution >= 0.6 is 11.8 Å². The molecular formula is C12H23NS. The lowest BCUT2D eigenvalue weighted by molar-refractivity contribution is 0.268. The molecule has 0 unspecified atom stereocenters. The van der Waals surface area contributed by atoms with Gasteiger partial charge in [0.2, 0.25) is 0 Å². The van der Waals surface area contributed by atoms with Crippen molar-refractivity contribution in [1.29, 1.82) is 0 Å². The third-order valence-electron chi connectivity index (χ3n) is 3.79. The summed E-state index contributed by atoms with van der Waals surface area (Å²) in [6.45, 7) is 2.40. The molecule has 1 nitrogen and oxygen atoms in total. The summed E-state index contributed by atoms with van der Waals surface area (Å²) in [6.07, 6.45) is 8.73. The summed E-state index contributed by atoms with van der Waals surface area (Å²) in [7, 11) is 0. The van der Waals surface area contributed by atoms with Gasteiger partial charge in [0.25, 0.3) is 0 Å². The molecule has 0 bridgehead atoms. The molecular weight excluding hydrogens is 190 g/mol. The molecule has 1 N–H and O–H groups in total. The van der Waals surface area contributed by atoms with Gasteiger partial charge in [-0.3, -0.25) is 0 Å². The minimum atomic E-state index is 0.763. The van der Waals surface area contributed by atoms with Gasteiger partial charge < -0.3 is 5.32 Å². The molecule has 2 aliphatic rings. The molecule has 0 amide bonds. The average molecular weight is 213 g/mol. The molecule has 1 saturated heterocycles. The van der Waals surface area contributed by atoms with Crippen LogP contribution in [0.2, 0.25) is 0 Å². The number of thioether (sulfide) groups is 1. The largest absolute Gasteiger partial charge is 0.310 e. The summed E-state index contributed by atoms with van der Waals surface area (Å²) in [5.74, 6) is 3.68. The van der Waals surface area contributed by atoms with Gasteiger partial charge in [0.05, 0.1) is 0 Å². The number of rotatable bonds is 3. The SMILES string of the molecule is C[C@@H](N[C@@H]1CCSC1)C1CCCCC1. The first-order valence-corrected chi connectivity index (χ1v) is 7.35. The highest BCUT2D eigenvalue weighted by atomic mass is 32.2. The third kappa shape index (κ3) is 2.90. The monoisotopic (exact) mass is 213 g/mol. The molecule has 14 heavy (non-hydrogen) atoms. The van der Waals surface area contributed by atoms with Crippen LogP contribution in [0.15, 0.2) is 0 Å². The van der Waals surface area contributed by atoms with Crippen molar-refractivity contribution in [1.82, 2.24) is 5.32 Å². The molecule has 2 rings (SSSR count). The van der Waals surface area contributed by atoms with Crippen LogP contribution in [-0.2, 0) is 0 Å². The minimum Gasteiger partial charge on any atom is -0.310 e. The zero-order valence-corrected chi connectivity index (χ0v) is 10.1. The number of nitrogens with one attached hydrogen (secondary N) is 1. The first kappa shape index (κ1) is 10.8. The maximum atomic E-state index is 3.83. The van der Waals surface area contributed by atoms with Gasteiger partial charge in [-0.1, -0.05) is 19.3 Å². The zero-order valence-electron chi connectivity index (χ0n) is 9.30. The molecule has 0 radical (unpaired) electrons. The summed E-state index contributed by atoms with van der Waals surface area (Å²) >= 11 is 2.11. The normalized spacial score (nSPS) is 31.9. The van der Waals surface area contributed by atoms with Crippen molar-refractivity contribution in [2.45, 2.75) is 57.5 Å². The highest BCUT2D eigenvalue weighted by Crippen LogP contribution is 2.27. The minimum absolute atomic E-state index is 0.763. The fraction of sp³-hybridized carbons (Fsp3) is 1.00. The van der Waals surface area contributed by atoms with E-state index in [0.29, 0.717) is 0 Å². The Morgan fingerprint density at radius 2 is 1.93 bits per heavy atom. The predicted octanol–water partition coefficient (Wildman–Crippen LogP) is 3.05. The lowest BCUT2D eigenvalue weighted by atomic mass is 9.84. The molecule has 1 aliphatic heterocycles. The van der Waals surface area contributed by atoms with E-state index in [9.17, 15) is 0 Å². The lowest BCUT2D eigenvalue weighted by Crippen LogP contribution is -2.41. The number of hydrogen-bond acceptors (Lipinski definition) is 2. The molecule has 0 aromatic rings. The van der Waals surface area contributed by atoms with E-state index < -0.39 is 0 Å². The van der Waals surface area contributed by atoms with Crippen molar-refractivity contribution in [3.63, 3.8) is 0 Å². The fourth-order valence-electron chi connectivity index (χ4n) is 2.81. The topological polar surface area (TPSA) is 12.0 Å². The first-order chi connectivity index (χ1) is 6.86. The van der Waals surface area contributed by atoms with E-state index in [0.717, 1.165) is 18.0 Å². The highest BCUT2D eigenvalue weighted by molar-refractivity contribution is 7.99. The third-order valence-corrected chi connectivity index (χ3v) is 4.95. The van der Waals surface area contributed by atoms with Crippen LogP contribution in [0.5, 0.6) is 0 Å². The van der Waals surface area contributed by atoms with Crippen molar-refractivity contribution in [3.8, 4) is 0 Å². The Bertz CT molecular complexity index is 160. The van der Waals surface area contributed by atoms with Gasteiger partial charge in [0.15, 0.2) is 0 Å². The maximum absolute atomic E-state index is 3.83. The lowest BCUT2D eigenvalue weighted by Gasteiger charge is -2.30. The first-order valence-electron chi connectivity index (χ1n) is 6.20. The second kappa shape index (κ2) is 5.41. The van der Waals surface area contributed by atoms with Gasteiger partial charge in [-0.25, -0.2) is 0 Å². The van der Waals surface area contributed by atoms with Crippen molar-refractivity contribution in [3.05, 3.63) is 0 Å². The van der Waals surface area contributed by atoms with Crippen LogP contribution in [0, 0.1) is 5.92 Å². The summed E-state index contributed by atoms with van der Waals surface area (Å²) in [4.78, 5) is 0. The Kier molecular flexibility index (Phi) is 4.18. The predicted molar refractivity (Wildman–Crippen MR) is 64.9 cm³/mol. The van der Waals surface area contributed by atoms with E-state index in [2.05, 4.69) is 24.0 Å². The molecule has 1 aliphatic carbocycles. The second-order valence-corrected chi connectivity index (χ2v) is 6.06. The maximum Gasteiger partial charge on any atom is 0.0168 e. The van der Waals surface area contributed by atoms with Gasteiger partial charge in [0.1, 0.15) is 0 Å². The van der Waals surface area contributed by atoms with Crippen molar-refractivity contribution < 1.29 is 0 Å². The van der Waals surface area contributed by atoms with Crippen LogP contribution in [0.25, 0.3) is 0 Å². The molecule has 1 saturated carbocycles. The van der Waals surface area contributed by atoms with Crippen LogP contribution in [0.4, 0.5) is 0 Å². The van der Waals surface area contributed by atoms with Gasteiger partial charge in [-0.15, -0.1) is 0 Å². The Morgan fingerprint density at radius 1 is 1.14 bits per heavy atom. The summed E-state index contributed by atoms with van der Waals surface area (Å²) < 4.78 is 0. The molecule has 1 heterocycles. The van der Waals surface area contributed by atoms with E-state index in [4.69, 9.17) is 0 Å². The summed E-state index contributed by atoms with van der Waals surface area (Å²) in [6, 6.07) is 1.58. The smallest absolute Gasteiger partial charge is 0.0168 e. The van der Waals surface area contributed by atoms with E-state index in [1.54, 1.807) is 0 Å². The number of hydrogen-bond donors (Lipinski definition) is 1. The van der Waals surface area contributed by atoms with E-state index >= 15 is 0 Å². The van der Waals surface area contributed by atoms with Crippen LogP contribution < -0.4 is 5.32 Å². The summed E-state index contributed by atoms with van der Waals surface area (Å²) in [5, 5.41) is 3.83. The van der Waals surface area contributed by atoms with Gasteiger partial charge in [-0.05, 0) is 37.9 Å². The zero-order chi connectivity index (χ0) is 9.80. The van der Waals surface area contributed by atoms with E-state index in [1.807, 2.05) is 0 Å². The van der Waals surface area contributed by atoms with Crippen molar-refractivity contribution in [2.24, 2.45) is 5.92 Å². The molecule has 2 heteroatoms. The quantitative estimate of drug-likeness (QED) is 0.773. The Labute approximate surface area is 92.4 Å². The Hall–Kier alpha value is 0.310. The Morgan fingerprint density at radius 3 is 2.57 bits per heavy atom. The molecule has 2 fully saturated rings. The second-order valence-electron chi connectivity index (χ2n) is 4.91. The molecule has 0 spiro atoms. The van der Waals surface area contributed by atoms with Gasteiger partial charge in [-0.2, -0.15) is 11.8 Å². The van der Waals surface area contributed by atoms with Crippen LogP contribution in [0.1, 0.15) is 45.4 Å². The van der Waals surface area contributed by atoms with Gasteiger partial charge in [0, 0.05) is 17.8 Å². The molecule has 0 aromatic heterocycles. The Balaban J connectivity index is 1.72.